The maximum atomic E-state index is 5.99. The monoisotopic (exact) mass is 443 g/mol. The molecule has 0 aliphatic heterocycles. The van der Waals surface area contributed by atoms with E-state index in [1.54, 1.807) is 18.8 Å². The third-order valence-corrected chi connectivity index (χ3v) is 3.45. The molecular formula is C14H23ClIN3OS. The molecule has 0 aliphatic carbocycles. The standard InChI is InChI=1S/C14H22ClN3OS.HI/c1-4-19-13-9-12(15)6-5-11(13)10-18-14(16-2)17-7-8-20-3;/h5-6,9H,4,7-8,10H2,1-3H3,(H2,16,17,18);1H. The second-order valence-corrected chi connectivity index (χ2v) is 5.45. The molecule has 0 amide bonds. The average Bonchev–Trinajstić information content (AvgIpc) is 2.44. The van der Waals surface area contributed by atoms with Crippen LogP contribution in [0, 0.1) is 0 Å². The fraction of sp³-hybridized carbons (Fsp3) is 0.500. The van der Waals surface area contributed by atoms with Gasteiger partial charge in [-0.1, -0.05) is 17.7 Å². The highest BCUT2D eigenvalue weighted by molar-refractivity contribution is 14.0. The molecule has 1 rings (SSSR count). The molecule has 0 heterocycles. The van der Waals surface area contributed by atoms with Gasteiger partial charge in [-0.3, -0.25) is 4.99 Å². The van der Waals surface area contributed by atoms with Crippen molar-refractivity contribution in [3.05, 3.63) is 28.8 Å². The zero-order valence-corrected chi connectivity index (χ0v) is 16.5. The number of benzene rings is 1. The molecule has 0 saturated carbocycles. The van der Waals surface area contributed by atoms with E-state index in [1.165, 1.54) is 0 Å². The van der Waals surface area contributed by atoms with Gasteiger partial charge in [0.05, 0.1) is 6.61 Å². The molecule has 0 saturated heterocycles. The Hall–Kier alpha value is -0.340. The number of nitrogens with zero attached hydrogens (tertiary/aromatic N) is 1. The second kappa shape index (κ2) is 12.2. The Morgan fingerprint density at radius 2 is 2.14 bits per heavy atom. The number of halogens is 2. The summed E-state index contributed by atoms with van der Waals surface area (Å²) in [6, 6.07) is 5.67. The molecule has 7 heteroatoms. The number of ether oxygens (including phenoxy) is 1. The van der Waals surface area contributed by atoms with Gasteiger partial charge < -0.3 is 15.4 Å². The van der Waals surface area contributed by atoms with Crippen molar-refractivity contribution in [2.24, 2.45) is 4.99 Å². The van der Waals surface area contributed by atoms with Crippen molar-refractivity contribution in [3.8, 4) is 5.75 Å². The van der Waals surface area contributed by atoms with E-state index in [1.807, 2.05) is 25.1 Å². The SMILES string of the molecule is CCOc1cc(Cl)ccc1CNC(=NC)NCCSC.I. The summed E-state index contributed by atoms with van der Waals surface area (Å²) in [5, 5.41) is 7.20. The first-order valence-electron chi connectivity index (χ1n) is 6.56. The van der Waals surface area contributed by atoms with E-state index < -0.39 is 0 Å². The first-order chi connectivity index (χ1) is 9.71. The largest absolute Gasteiger partial charge is 0.493 e. The fourth-order valence-electron chi connectivity index (χ4n) is 1.64. The van der Waals surface area contributed by atoms with Gasteiger partial charge in [-0.25, -0.2) is 0 Å². The zero-order chi connectivity index (χ0) is 14.8. The highest BCUT2D eigenvalue weighted by Gasteiger charge is 2.05. The molecule has 1 aromatic rings. The molecule has 0 aromatic heterocycles. The topological polar surface area (TPSA) is 45.6 Å². The molecule has 120 valence electrons. The van der Waals surface area contributed by atoms with Crippen molar-refractivity contribution >= 4 is 53.3 Å². The lowest BCUT2D eigenvalue weighted by atomic mass is 10.2. The summed E-state index contributed by atoms with van der Waals surface area (Å²) in [6.45, 7) is 4.11. The number of nitrogens with one attached hydrogen (secondary N) is 2. The molecule has 0 spiro atoms. The fourth-order valence-corrected chi connectivity index (χ4v) is 2.10. The summed E-state index contributed by atoms with van der Waals surface area (Å²) >= 11 is 7.79. The van der Waals surface area contributed by atoms with E-state index >= 15 is 0 Å². The Bertz CT molecular complexity index is 446. The van der Waals surface area contributed by atoms with Crippen molar-refractivity contribution < 1.29 is 4.74 Å². The normalized spacial score (nSPS) is 10.8. The molecule has 2 N–H and O–H groups in total. The van der Waals surface area contributed by atoms with E-state index in [2.05, 4.69) is 21.9 Å². The average molecular weight is 444 g/mol. The number of guanidine groups is 1. The molecule has 4 nitrogen and oxygen atoms in total. The minimum absolute atomic E-state index is 0. The summed E-state index contributed by atoms with van der Waals surface area (Å²) < 4.78 is 5.59. The van der Waals surface area contributed by atoms with Crippen molar-refractivity contribution in [3.63, 3.8) is 0 Å². The summed E-state index contributed by atoms with van der Waals surface area (Å²) in [5.74, 6) is 2.65. The van der Waals surface area contributed by atoms with Gasteiger partial charge in [-0.2, -0.15) is 11.8 Å². The van der Waals surface area contributed by atoms with Crippen LogP contribution in [0.15, 0.2) is 23.2 Å². The van der Waals surface area contributed by atoms with Gasteiger partial charge in [-0.15, -0.1) is 24.0 Å². The van der Waals surface area contributed by atoms with Gasteiger partial charge >= 0.3 is 0 Å². The Morgan fingerprint density at radius 3 is 2.76 bits per heavy atom. The lowest BCUT2D eigenvalue weighted by Gasteiger charge is -2.14. The van der Waals surface area contributed by atoms with Gasteiger partial charge in [0.1, 0.15) is 5.75 Å². The number of aliphatic imine (C=N–C) groups is 1. The predicted octanol–water partition coefficient (Wildman–Crippen LogP) is 3.38. The van der Waals surface area contributed by atoms with E-state index in [4.69, 9.17) is 16.3 Å². The summed E-state index contributed by atoms with van der Waals surface area (Å²) in [4.78, 5) is 4.19. The van der Waals surface area contributed by atoms with Crippen LogP contribution in [0.25, 0.3) is 0 Å². The van der Waals surface area contributed by atoms with E-state index in [0.717, 1.165) is 29.6 Å². The van der Waals surface area contributed by atoms with Crippen LogP contribution in [0.1, 0.15) is 12.5 Å². The maximum Gasteiger partial charge on any atom is 0.191 e. The van der Waals surface area contributed by atoms with Gasteiger partial charge in [0.2, 0.25) is 0 Å². The highest BCUT2D eigenvalue weighted by Crippen LogP contribution is 2.23. The summed E-state index contributed by atoms with van der Waals surface area (Å²) in [5.41, 5.74) is 1.06. The molecule has 0 unspecified atom stereocenters. The predicted molar refractivity (Wildman–Crippen MR) is 105 cm³/mol. The molecule has 0 fully saturated rings. The molecular weight excluding hydrogens is 421 g/mol. The molecule has 21 heavy (non-hydrogen) atoms. The first-order valence-corrected chi connectivity index (χ1v) is 8.33. The van der Waals surface area contributed by atoms with Crippen LogP contribution in [0.4, 0.5) is 0 Å². The van der Waals surface area contributed by atoms with Crippen molar-refractivity contribution in [2.75, 3.05) is 32.2 Å². The van der Waals surface area contributed by atoms with Crippen LogP contribution < -0.4 is 15.4 Å². The van der Waals surface area contributed by atoms with Crippen LogP contribution in [-0.2, 0) is 6.54 Å². The minimum Gasteiger partial charge on any atom is -0.493 e. The van der Waals surface area contributed by atoms with E-state index in [0.29, 0.717) is 18.2 Å². The Kier molecular flexibility index (Phi) is 12.0. The van der Waals surface area contributed by atoms with Crippen LogP contribution in [0.2, 0.25) is 5.02 Å². The van der Waals surface area contributed by atoms with Crippen LogP contribution in [0.3, 0.4) is 0 Å². The number of rotatable bonds is 7. The van der Waals surface area contributed by atoms with Crippen LogP contribution in [0.5, 0.6) is 5.75 Å². The molecule has 0 bridgehead atoms. The molecule has 0 atom stereocenters. The van der Waals surface area contributed by atoms with Crippen LogP contribution >= 0.6 is 47.3 Å². The van der Waals surface area contributed by atoms with Crippen LogP contribution in [-0.4, -0.2) is 38.2 Å². The quantitative estimate of drug-likeness (QED) is 0.293. The maximum absolute atomic E-state index is 5.99. The van der Waals surface area contributed by atoms with E-state index in [-0.39, 0.29) is 24.0 Å². The molecule has 1 aromatic carbocycles. The zero-order valence-electron chi connectivity index (χ0n) is 12.6. The first kappa shape index (κ1) is 20.7. The Morgan fingerprint density at radius 1 is 1.38 bits per heavy atom. The van der Waals surface area contributed by atoms with Gasteiger partial charge in [-0.05, 0) is 25.3 Å². The lowest BCUT2D eigenvalue weighted by molar-refractivity contribution is 0.336. The van der Waals surface area contributed by atoms with E-state index in [9.17, 15) is 0 Å². The lowest BCUT2D eigenvalue weighted by Crippen LogP contribution is -2.38. The van der Waals surface area contributed by atoms with Gasteiger partial charge in [0.25, 0.3) is 0 Å². The second-order valence-electron chi connectivity index (χ2n) is 4.03. The van der Waals surface area contributed by atoms with Crippen molar-refractivity contribution in [1.29, 1.82) is 0 Å². The van der Waals surface area contributed by atoms with Crippen molar-refractivity contribution in [2.45, 2.75) is 13.5 Å². The highest BCUT2D eigenvalue weighted by atomic mass is 127. The smallest absolute Gasteiger partial charge is 0.191 e. The van der Waals surface area contributed by atoms with Gasteiger partial charge in [0, 0.05) is 36.5 Å². The Labute approximate surface area is 153 Å². The number of hydrogen-bond donors (Lipinski definition) is 2. The third-order valence-electron chi connectivity index (χ3n) is 2.60. The summed E-state index contributed by atoms with van der Waals surface area (Å²) in [7, 11) is 1.76. The molecule has 0 aliphatic rings. The number of hydrogen-bond acceptors (Lipinski definition) is 3. The molecule has 0 radical (unpaired) electrons. The third kappa shape index (κ3) is 8.01. The minimum atomic E-state index is 0. The Balaban J connectivity index is 0.00000400. The summed E-state index contributed by atoms with van der Waals surface area (Å²) in [6.07, 6.45) is 2.08. The van der Waals surface area contributed by atoms with Crippen molar-refractivity contribution in [1.82, 2.24) is 10.6 Å². The van der Waals surface area contributed by atoms with Gasteiger partial charge in [0.15, 0.2) is 5.96 Å². The number of thioether (sulfide) groups is 1.